The summed E-state index contributed by atoms with van der Waals surface area (Å²) >= 11 is 1.55. The van der Waals surface area contributed by atoms with E-state index in [1.807, 2.05) is 19.9 Å². The number of halogens is 1. The quantitative estimate of drug-likeness (QED) is 0.228. The Morgan fingerprint density at radius 2 is 1.72 bits per heavy atom. The zero-order valence-corrected chi connectivity index (χ0v) is 22.9. The van der Waals surface area contributed by atoms with Gasteiger partial charge in [-0.2, -0.15) is 0 Å². The molecule has 1 aromatic heterocycles. The van der Waals surface area contributed by atoms with Crippen molar-refractivity contribution in [1.29, 1.82) is 0 Å². The molecule has 1 saturated heterocycles. The highest BCUT2D eigenvalue weighted by molar-refractivity contribution is 7.22. The third-order valence-electron chi connectivity index (χ3n) is 6.81. The highest BCUT2D eigenvalue weighted by Crippen LogP contribution is 2.40. The minimum atomic E-state index is -0.946. The number of nitrogens with zero attached hydrogens (tertiary/aromatic N) is 2. The Morgan fingerprint density at radius 1 is 1.05 bits per heavy atom. The Hall–Kier alpha value is -3.69. The molecule has 0 atom stereocenters. The molecule has 2 heterocycles. The van der Waals surface area contributed by atoms with Crippen LogP contribution in [0.5, 0.6) is 11.5 Å². The van der Waals surface area contributed by atoms with Crippen LogP contribution in [0.1, 0.15) is 42.6 Å². The molecule has 1 aliphatic heterocycles. The molecule has 1 fully saturated rings. The summed E-state index contributed by atoms with van der Waals surface area (Å²) in [4.78, 5) is 18.3. The van der Waals surface area contributed by atoms with Crippen molar-refractivity contribution in [3.63, 3.8) is 0 Å². The number of anilines is 1. The molecule has 0 bridgehead atoms. The molecular weight excluding hydrogens is 517 g/mol. The van der Waals surface area contributed by atoms with Crippen molar-refractivity contribution in [1.82, 2.24) is 9.88 Å². The lowest BCUT2D eigenvalue weighted by Crippen LogP contribution is -2.38. The first-order valence-corrected chi connectivity index (χ1v) is 14.1. The van der Waals surface area contributed by atoms with Gasteiger partial charge in [0.05, 0.1) is 34.6 Å². The van der Waals surface area contributed by atoms with Gasteiger partial charge in [-0.05, 0) is 80.3 Å². The fourth-order valence-electron chi connectivity index (χ4n) is 4.97. The molecular formula is C30H32FN3O4S. The van der Waals surface area contributed by atoms with Crippen LogP contribution < -0.4 is 14.8 Å². The average molecular weight is 550 g/mol. The molecule has 9 heteroatoms. The van der Waals surface area contributed by atoms with Gasteiger partial charge >= 0.3 is 5.97 Å². The maximum absolute atomic E-state index is 13.6. The van der Waals surface area contributed by atoms with E-state index in [-0.39, 0.29) is 11.4 Å². The van der Waals surface area contributed by atoms with Crippen LogP contribution in [-0.4, -0.2) is 53.3 Å². The second kappa shape index (κ2) is 12.0. The number of fused-ring (bicyclic) bond motifs is 1. The molecule has 0 unspecified atom stereocenters. The molecule has 3 aromatic carbocycles. The Morgan fingerprint density at radius 3 is 2.33 bits per heavy atom. The minimum absolute atomic E-state index is 0.248. The number of aromatic nitrogens is 1. The van der Waals surface area contributed by atoms with E-state index in [9.17, 15) is 14.3 Å². The van der Waals surface area contributed by atoms with Crippen LogP contribution >= 0.6 is 11.3 Å². The highest BCUT2D eigenvalue weighted by atomic mass is 32.1. The third kappa shape index (κ3) is 6.32. The molecule has 5 rings (SSSR count). The number of thiazole rings is 1. The lowest BCUT2D eigenvalue weighted by atomic mass is 9.99. The van der Waals surface area contributed by atoms with Crippen LogP contribution in [0.4, 0.5) is 9.52 Å². The van der Waals surface area contributed by atoms with Gasteiger partial charge in [0, 0.05) is 25.7 Å². The Labute approximate surface area is 231 Å². The van der Waals surface area contributed by atoms with E-state index in [0.717, 1.165) is 70.5 Å². The number of hydrogen-bond acceptors (Lipinski definition) is 7. The van der Waals surface area contributed by atoms with Crippen molar-refractivity contribution in [2.24, 2.45) is 0 Å². The SMILES string of the molecule is CCOc1cc(CN2CCC(Nc3nc4cc(C(=O)O)ccc4s3)CC2)cc(OCC)c1-c1ccc(F)cc1. The summed E-state index contributed by atoms with van der Waals surface area (Å²) < 4.78 is 26.6. The molecule has 1 aliphatic rings. The van der Waals surface area contributed by atoms with Crippen molar-refractivity contribution >= 4 is 32.7 Å². The molecule has 204 valence electrons. The summed E-state index contributed by atoms with van der Waals surface area (Å²) in [7, 11) is 0. The first-order valence-electron chi connectivity index (χ1n) is 13.2. The van der Waals surface area contributed by atoms with Crippen molar-refractivity contribution in [2.45, 2.75) is 39.3 Å². The van der Waals surface area contributed by atoms with Gasteiger partial charge < -0.3 is 19.9 Å². The predicted octanol–water partition coefficient (Wildman–Crippen LogP) is 6.67. The molecule has 0 radical (unpaired) electrons. The Kier molecular flexibility index (Phi) is 8.28. The molecule has 0 amide bonds. The summed E-state index contributed by atoms with van der Waals surface area (Å²) in [6.07, 6.45) is 1.95. The van der Waals surface area contributed by atoms with Crippen LogP contribution in [0.3, 0.4) is 0 Å². The number of carbonyl (C=O) groups is 1. The zero-order valence-electron chi connectivity index (χ0n) is 22.1. The van der Waals surface area contributed by atoms with E-state index < -0.39 is 5.97 Å². The van der Waals surface area contributed by atoms with Gasteiger partial charge in [0.15, 0.2) is 5.13 Å². The zero-order chi connectivity index (χ0) is 27.4. The summed E-state index contributed by atoms with van der Waals surface area (Å²) in [5, 5.41) is 13.6. The van der Waals surface area contributed by atoms with Crippen LogP contribution in [0.2, 0.25) is 0 Å². The van der Waals surface area contributed by atoms with Crippen LogP contribution in [0.15, 0.2) is 54.6 Å². The van der Waals surface area contributed by atoms with Gasteiger partial charge in [-0.1, -0.05) is 23.5 Å². The highest BCUT2D eigenvalue weighted by Gasteiger charge is 2.22. The molecule has 2 N–H and O–H groups in total. The number of nitrogens with one attached hydrogen (secondary N) is 1. The number of benzene rings is 3. The fourth-order valence-corrected chi connectivity index (χ4v) is 5.89. The summed E-state index contributed by atoms with van der Waals surface area (Å²) in [5.41, 5.74) is 3.77. The molecule has 39 heavy (non-hydrogen) atoms. The molecule has 4 aromatic rings. The maximum atomic E-state index is 13.6. The lowest BCUT2D eigenvalue weighted by Gasteiger charge is -2.32. The van der Waals surface area contributed by atoms with Crippen molar-refractivity contribution in [2.75, 3.05) is 31.6 Å². The van der Waals surface area contributed by atoms with Gasteiger partial charge in [-0.25, -0.2) is 14.2 Å². The Bertz CT molecular complexity index is 1420. The topological polar surface area (TPSA) is 83.9 Å². The third-order valence-corrected chi connectivity index (χ3v) is 7.78. The van der Waals surface area contributed by atoms with E-state index in [0.29, 0.717) is 24.8 Å². The average Bonchev–Trinajstić information content (AvgIpc) is 3.32. The number of carboxylic acid groups (broad SMARTS) is 1. The summed E-state index contributed by atoms with van der Waals surface area (Å²) in [5.74, 6) is 0.255. The number of hydrogen-bond donors (Lipinski definition) is 2. The van der Waals surface area contributed by atoms with Gasteiger partial charge in [-0.15, -0.1) is 0 Å². The number of ether oxygens (including phenoxy) is 2. The lowest BCUT2D eigenvalue weighted by molar-refractivity contribution is 0.0697. The van der Waals surface area contributed by atoms with Gasteiger partial charge in [-0.3, -0.25) is 4.90 Å². The number of carboxylic acids is 1. The van der Waals surface area contributed by atoms with Crippen LogP contribution in [-0.2, 0) is 6.54 Å². The normalized spacial score (nSPS) is 14.4. The number of piperidine rings is 1. The number of rotatable bonds is 10. The second-order valence-electron chi connectivity index (χ2n) is 9.54. The molecule has 0 saturated carbocycles. The second-order valence-corrected chi connectivity index (χ2v) is 10.6. The van der Waals surface area contributed by atoms with Gasteiger partial charge in [0.2, 0.25) is 0 Å². The van der Waals surface area contributed by atoms with Crippen molar-refractivity contribution in [3.8, 4) is 22.6 Å². The molecule has 0 spiro atoms. The van der Waals surface area contributed by atoms with Crippen LogP contribution in [0, 0.1) is 5.82 Å². The summed E-state index contributed by atoms with van der Waals surface area (Å²) in [6, 6.07) is 15.9. The van der Waals surface area contributed by atoms with E-state index >= 15 is 0 Å². The van der Waals surface area contributed by atoms with E-state index in [1.54, 1.807) is 35.6 Å². The number of likely N-dealkylation sites (tertiary alicyclic amines) is 1. The van der Waals surface area contributed by atoms with Crippen molar-refractivity contribution < 1.29 is 23.8 Å². The molecule has 0 aliphatic carbocycles. The van der Waals surface area contributed by atoms with Gasteiger partial charge in [0.25, 0.3) is 0 Å². The van der Waals surface area contributed by atoms with Crippen molar-refractivity contribution in [3.05, 3.63) is 71.5 Å². The number of aromatic carboxylic acids is 1. The minimum Gasteiger partial charge on any atom is -0.493 e. The largest absolute Gasteiger partial charge is 0.493 e. The predicted molar refractivity (Wildman–Crippen MR) is 153 cm³/mol. The first kappa shape index (κ1) is 26.9. The van der Waals surface area contributed by atoms with E-state index in [2.05, 4.69) is 27.3 Å². The van der Waals surface area contributed by atoms with E-state index in [1.165, 1.54) is 12.1 Å². The van der Waals surface area contributed by atoms with Crippen LogP contribution in [0.25, 0.3) is 21.3 Å². The summed E-state index contributed by atoms with van der Waals surface area (Å²) in [6.45, 7) is 7.58. The fraction of sp³-hybridized carbons (Fsp3) is 0.333. The standard InChI is InChI=1S/C30H32FN3O4S/c1-3-37-25-15-19(16-26(38-4-2)28(25)20-5-8-22(31)9-6-20)18-34-13-11-23(12-14-34)32-30-33-24-17-21(29(35)36)7-10-27(24)39-30/h5-10,15-17,23H,3-4,11-14,18H2,1-2H3,(H,32,33)(H,35,36). The maximum Gasteiger partial charge on any atom is 0.335 e. The first-order chi connectivity index (χ1) is 18.9. The monoisotopic (exact) mass is 549 g/mol. The Balaban J connectivity index is 1.26. The molecule has 7 nitrogen and oxygen atoms in total. The van der Waals surface area contributed by atoms with Gasteiger partial charge in [0.1, 0.15) is 17.3 Å². The smallest absolute Gasteiger partial charge is 0.335 e. The van der Waals surface area contributed by atoms with E-state index in [4.69, 9.17) is 9.47 Å².